The summed E-state index contributed by atoms with van der Waals surface area (Å²) in [4.78, 5) is 20.2. The fraction of sp³-hybridized carbons (Fsp3) is 0.143. The molecule has 1 unspecified atom stereocenters. The van der Waals surface area contributed by atoms with Crippen molar-refractivity contribution in [2.45, 2.75) is 11.0 Å². The Morgan fingerprint density at radius 2 is 1.23 bits per heavy atom. The van der Waals surface area contributed by atoms with Gasteiger partial charge >= 0.3 is 11.0 Å². The Morgan fingerprint density at radius 1 is 0.774 bits per heavy atom. The lowest BCUT2D eigenvalue weighted by atomic mass is 10.1. The van der Waals surface area contributed by atoms with Gasteiger partial charge in [0.15, 0.2) is 19.5 Å². The van der Waals surface area contributed by atoms with Crippen LogP contribution in [-0.2, 0) is 15.6 Å². The normalized spacial score (nSPS) is 13.1. The molecule has 0 aliphatic carbocycles. The van der Waals surface area contributed by atoms with Gasteiger partial charge in [-0.05, 0) is 6.07 Å². The quantitative estimate of drug-likeness (QED) is 0.121. The van der Waals surface area contributed by atoms with Gasteiger partial charge in [-0.25, -0.2) is 8.42 Å². The van der Waals surface area contributed by atoms with E-state index < -0.39 is 47.1 Å². The van der Waals surface area contributed by atoms with Crippen LogP contribution in [0.15, 0.2) is 36.4 Å². The molecule has 0 N–H and O–H groups in total. The molecule has 0 saturated carbocycles. The number of non-ortho nitro benzene ring substituents is 2. The number of nitrogens with zero attached hydrogens (tertiary/aromatic N) is 2. The molecule has 3 rings (SSSR count). The molecule has 0 bridgehead atoms. The van der Waals surface area contributed by atoms with Crippen LogP contribution in [0.2, 0.25) is 0 Å². The lowest BCUT2D eigenvalue weighted by molar-refractivity contribution is -0.384. The average Bonchev–Trinajstić information content (AvgIpc) is 2.93. The minimum Gasteiger partial charge on any atom is -0.741 e. The summed E-state index contributed by atoms with van der Waals surface area (Å²) in [6.07, 6.45) is 0. The van der Waals surface area contributed by atoms with E-state index in [1.807, 2.05) is 0 Å². The maximum Gasteiger partial charge on any atom is 0.601 e. The van der Waals surface area contributed by atoms with Gasteiger partial charge in [0, 0.05) is 29.7 Å². The third-order valence-corrected chi connectivity index (χ3v) is 6.20. The highest BCUT2D eigenvalue weighted by Gasteiger charge is 2.48. The number of alkyl halides is 6. The second-order valence-corrected chi connectivity index (χ2v) is 8.85. The first-order valence-corrected chi connectivity index (χ1v) is 9.99. The van der Waals surface area contributed by atoms with Crippen molar-refractivity contribution in [3.8, 4) is 0 Å². The highest BCUT2D eigenvalue weighted by molar-refractivity contribution is 7.86. The SMILES string of the molecule is O=S(=O)([O-])C(F)(F)F.O=[N+]([O-])c1ccc2c(c1)c1ccc([N+](=O)[O-])cc1[s+]2C(F)(F)F. The van der Waals surface area contributed by atoms with Crippen molar-refractivity contribution in [3.63, 3.8) is 0 Å². The summed E-state index contributed by atoms with van der Waals surface area (Å²) in [5.41, 5.74) is -11.1. The standard InChI is InChI=1S/C13H6F3N2O4S.CHF3O3S/c14-13(15,16)23-11-4-2-7(17(19)20)5-10(11)9-3-1-8(18(21)22)6-12(9)23;2-1(3,4)8(5,6)7/h1-6H;(H,5,6,7)/q+1;/p-1. The van der Waals surface area contributed by atoms with E-state index in [9.17, 15) is 46.6 Å². The fourth-order valence-corrected chi connectivity index (χ4v) is 4.37. The molecule has 1 atom stereocenters. The minimum atomic E-state index is -6.09. The molecule has 0 spiro atoms. The first kappa shape index (κ1) is 24.2. The molecule has 31 heavy (non-hydrogen) atoms. The molecule has 2 aromatic carbocycles. The van der Waals surface area contributed by atoms with Gasteiger partial charge < -0.3 is 4.55 Å². The maximum absolute atomic E-state index is 13.4. The molecular formula is C14H6F6N2O7S2. The topological polar surface area (TPSA) is 143 Å². The molecular weight excluding hydrogens is 486 g/mol. The molecule has 9 nitrogen and oxygen atoms in total. The van der Waals surface area contributed by atoms with Gasteiger partial charge in [0.25, 0.3) is 11.4 Å². The van der Waals surface area contributed by atoms with Gasteiger partial charge in [0.1, 0.15) is 10.5 Å². The Hall–Kier alpha value is -3.05. The highest BCUT2D eigenvalue weighted by atomic mass is 32.2. The molecule has 1 heterocycles. The van der Waals surface area contributed by atoms with Crippen LogP contribution < -0.4 is 0 Å². The average molecular weight is 492 g/mol. The Bertz CT molecular complexity index is 1300. The third kappa shape index (κ3) is 5.00. The van der Waals surface area contributed by atoms with Crippen molar-refractivity contribution in [1.82, 2.24) is 0 Å². The molecule has 0 amide bonds. The van der Waals surface area contributed by atoms with E-state index >= 15 is 0 Å². The van der Waals surface area contributed by atoms with Crippen molar-refractivity contribution in [2.24, 2.45) is 0 Å². The third-order valence-electron chi connectivity index (χ3n) is 3.59. The van der Waals surface area contributed by atoms with Crippen molar-refractivity contribution >= 4 is 52.1 Å². The number of benzene rings is 2. The Labute approximate surface area is 169 Å². The number of hydrogen-bond donors (Lipinski definition) is 0. The Kier molecular flexibility index (Phi) is 6.17. The summed E-state index contributed by atoms with van der Waals surface area (Å²) in [7, 11) is -8.46. The molecule has 0 radical (unpaired) electrons. The molecule has 0 aliphatic heterocycles. The lowest BCUT2D eigenvalue weighted by Gasteiger charge is -2.08. The van der Waals surface area contributed by atoms with Crippen LogP contribution in [0.4, 0.5) is 37.7 Å². The van der Waals surface area contributed by atoms with Crippen molar-refractivity contribution in [3.05, 3.63) is 56.6 Å². The summed E-state index contributed by atoms with van der Waals surface area (Å²) >= 11 is 0. The molecule has 0 saturated heterocycles. The van der Waals surface area contributed by atoms with Crippen LogP contribution in [0, 0.1) is 20.2 Å². The summed E-state index contributed by atoms with van der Waals surface area (Å²) in [6, 6.07) is 6.32. The van der Waals surface area contributed by atoms with E-state index in [0.717, 1.165) is 30.3 Å². The highest BCUT2D eigenvalue weighted by Crippen LogP contribution is 2.54. The van der Waals surface area contributed by atoms with Crippen LogP contribution in [0.3, 0.4) is 0 Å². The second-order valence-electron chi connectivity index (χ2n) is 5.53. The summed E-state index contributed by atoms with van der Waals surface area (Å²) < 4.78 is 98.8. The van der Waals surface area contributed by atoms with Gasteiger partial charge in [-0.2, -0.15) is 13.2 Å². The van der Waals surface area contributed by atoms with Gasteiger partial charge in [0.05, 0.1) is 21.3 Å². The van der Waals surface area contributed by atoms with Crippen molar-refractivity contribution < 1.29 is 49.2 Å². The number of fused-ring (bicyclic) bond motifs is 3. The predicted molar refractivity (Wildman–Crippen MR) is 94.3 cm³/mol. The first-order chi connectivity index (χ1) is 13.9. The van der Waals surface area contributed by atoms with Crippen molar-refractivity contribution in [1.29, 1.82) is 0 Å². The van der Waals surface area contributed by atoms with Crippen LogP contribution in [0.25, 0.3) is 20.2 Å². The number of halogens is 6. The maximum atomic E-state index is 13.4. The van der Waals surface area contributed by atoms with Crippen LogP contribution >= 0.6 is 10.5 Å². The monoisotopic (exact) mass is 492 g/mol. The largest absolute Gasteiger partial charge is 0.741 e. The van der Waals surface area contributed by atoms with Crippen LogP contribution in [0.5, 0.6) is 0 Å². The van der Waals surface area contributed by atoms with Gasteiger partial charge in [-0.15, -0.1) is 13.2 Å². The lowest BCUT2D eigenvalue weighted by Crippen LogP contribution is -2.21. The molecule has 168 valence electrons. The Morgan fingerprint density at radius 3 is 1.65 bits per heavy atom. The zero-order chi connectivity index (χ0) is 23.9. The van der Waals surface area contributed by atoms with Gasteiger partial charge in [-0.3, -0.25) is 20.2 Å². The van der Waals surface area contributed by atoms with Crippen LogP contribution in [-0.4, -0.2) is 28.3 Å². The number of nitro benzene ring substituents is 2. The molecule has 3 aromatic rings. The minimum absolute atomic E-state index is 0.0877. The van der Waals surface area contributed by atoms with E-state index in [4.69, 9.17) is 13.0 Å². The molecule has 0 aliphatic rings. The number of hydrogen-bond acceptors (Lipinski definition) is 7. The second kappa shape index (κ2) is 7.89. The van der Waals surface area contributed by atoms with E-state index in [1.165, 1.54) is 6.07 Å². The fourth-order valence-electron chi connectivity index (χ4n) is 2.40. The first-order valence-electron chi connectivity index (χ1n) is 7.35. The number of rotatable bonds is 2. The number of nitro groups is 2. The zero-order valence-electron chi connectivity index (χ0n) is 14.3. The van der Waals surface area contributed by atoms with Crippen molar-refractivity contribution in [2.75, 3.05) is 0 Å². The number of thiophene rings is 1. The molecule has 1 aromatic heterocycles. The smallest absolute Gasteiger partial charge is 0.601 e. The van der Waals surface area contributed by atoms with Gasteiger partial charge in [-0.1, -0.05) is 0 Å². The molecule has 0 fully saturated rings. The molecule has 17 heteroatoms. The summed E-state index contributed by atoms with van der Waals surface area (Å²) in [5, 5.41) is 21.9. The summed E-state index contributed by atoms with van der Waals surface area (Å²) in [5.74, 6) is 0. The summed E-state index contributed by atoms with van der Waals surface area (Å²) in [6.45, 7) is 0. The zero-order valence-corrected chi connectivity index (χ0v) is 15.9. The van der Waals surface area contributed by atoms with E-state index in [2.05, 4.69) is 0 Å². The van der Waals surface area contributed by atoms with Crippen LogP contribution in [0.1, 0.15) is 0 Å². The predicted octanol–water partition coefficient (Wildman–Crippen LogP) is 5.09. The van der Waals surface area contributed by atoms with E-state index in [1.54, 1.807) is 0 Å². The Balaban J connectivity index is 0.000000366. The van der Waals surface area contributed by atoms with E-state index in [0.29, 0.717) is 0 Å². The van der Waals surface area contributed by atoms with E-state index in [-0.39, 0.29) is 25.9 Å². The van der Waals surface area contributed by atoms with Gasteiger partial charge in [0.2, 0.25) is 0 Å².